The van der Waals surface area contributed by atoms with Gasteiger partial charge in [0.05, 0.1) is 20.5 Å². The first kappa shape index (κ1) is 18.0. The van der Waals surface area contributed by atoms with Gasteiger partial charge in [0.25, 0.3) is 5.91 Å². The van der Waals surface area contributed by atoms with Gasteiger partial charge in [-0.05, 0) is 66.2 Å². The summed E-state index contributed by atoms with van der Waals surface area (Å²) in [6, 6.07) is 13.0. The number of halogens is 2. The molecule has 2 aromatic carbocycles. The van der Waals surface area contributed by atoms with E-state index in [0.29, 0.717) is 25.8 Å². The van der Waals surface area contributed by atoms with E-state index in [1.165, 1.54) is 11.8 Å². The van der Waals surface area contributed by atoms with Crippen LogP contribution < -0.4 is 5.32 Å². The monoisotopic (exact) mass is 413 g/mol. The normalized spacial score (nSPS) is 17.1. The summed E-state index contributed by atoms with van der Waals surface area (Å²) in [6.45, 7) is 2.04. The molecule has 0 unspecified atom stereocenters. The molecule has 2 heterocycles. The molecule has 0 aliphatic carbocycles. The summed E-state index contributed by atoms with van der Waals surface area (Å²) in [4.78, 5) is 21.6. The SMILES string of the molecule is Cc1ccnc2ccc(/C=C3\SC(=Nc4c(Cl)cccc4Cl)NC3=O)cc12. The predicted octanol–water partition coefficient (Wildman–Crippen LogP) is 5.74. The number of amides is 1. The number of hydrogen-bond acceptors (Lipinski definition) is 4. The summed E-state index contributed by atoms with van der Waals surface area (Å²) in [6.07, 6.45) is 3.63. The largest absolute Gasteiger partial charge is 0.300 e. The smallest absolute Gasteiger partial charge is 0.264 e. The zero-order valence-electron chi connectivity index (χ0n) is 14.2. The van der Waals surface area contributed by atoms with E-state index in [-0.39, 0.29) is 5.91 Å². The number of carbonyl (C=O) groups is 1. The average molecular weight is 414 g/mol. The topological polar surface area (TPSA) is 54.4 Å². The predicted molar refractivity (Wildman–Crippen MR) is 114 cm³/mol. The molecule has 27 heavy (non-hydrogen) atoms. The van der Waals surface area contributed by atoms with E-state index < -0.39 is 0 Å². The van der Waals surface area contributed by atoms with Crippen molar-refractivity contribution in [1.29, 1.82) is 0 Å². The maximum absolute atomic E-state index is 12.3. The Bertz CT molecular complexity index is 1120. The molecule has 1 fully saturated rings. The Hall–Kier alpha value is -2.34. The van der Waals surface area contributed by atoms with Gasteiger partial charge in [0.2, 0.25) is 0 Å². The minimum absolute atomic E-state index is 0.204. The van der Waals surface area contributed by atoms with Gasteiger partial charge < -0.3 is 5.32 Å². The Morgan fingerprint density at radius 3 is 2.70 bits per heavy atom. The number of fused-ring (bicyclic) bond motifs is 1. The Labute approximate surface area is 170 Å². The molecule has 7 heteroatoms. The first-order valence-electron chi connectivity index (χ1n) is 8.10. The Morgan fingerprint density at radius 2 is 1.93 bits per heavy atom. The first-order valence-corrected chi connectivity index (χ1v) is 9.67. The van der Waals surface area contributed by atoms with Gasteiger partial charge in [0.1, 0.15) is 5.69 Å². The number of amidine groups is 1. The van der Waals surface area contributed by atoms with Crippen molar-refractivity contribution < 1.29 is 4.79 Å². The highest BCUT2D eigenvalue weighted by atomic mass is 35.5. The molecule has 0 radical (unpaired) electrons. The van der Waals surface area contributed by atoms with Crippen molar-refractivity contribution in [2.75, 3.05) is 0 Å². The third-order valence-electron chi connectivity index (χ3n) is 4.08. The standard InChI is InChI=1S/C20H13Cl2N3OS/c1-11-7-8-23-16-6-5-12(9-13(11)16)10-17-19(26)25-20(27-17)24-18-14(21)3-2-4-15(18)22/h2-10H,1H3,(H,24,25,26)/b17-10-. The molecular formula is C20H13Cl2N3OS. The van der Waals surface area contributed by atoms with Crippen LogP contribution in [0.2, 0.25) is 10.0 Å². The second-order valence-electron chi connectivity index (χ2n) is 5.96. The maximum Gasteiger partial charge on any atom is 0.264 e. The van der Waals surface area contributed by atoms with Crippen molar-refractivity contribution in [3.05, 3.63) is 74.7 Å². The molecule has 3 aromatic rings. The van der Waals surface area contributed by atoms with E-state index in [0.717, 1.165) is 22.0 Å². The van der Waals surface area contributed by atoms with Crippen molar-refractivity contribution >= 4 is 68.7 Å². The Morgan fingerprint density at radius 1 is 1.15 bits per heavy atom. The summed E-state index contributed by atoms with van der Waals surface area (Å²) in [7, 11) is 0. The van der Waals surface area contributed by atoms with E-state index in [1.54, 1.807) is 24.4 Å². The molecule has 1 saturated heterocycles. The highest BCUT2D eigenvalue weighted by molar-refractivity contribution is 8.18. The van der Waals surface area contributed by atoms with Gasteiger partial charge in [-0.25, -0.2) is 4.99 Å². The molecule has 0 spiro atoms. The van der Waals surface area contributed by atoms with Crippen LogP contribution in [0.4, 0.5) is 5.69 Å². The fraction of sp³-hybridized carbons (Fsp3) is 0.0500. The van der Waals surface area contributed by atoms with Gasteiger partial charge in [-0.2, -0.15) is 0 Å². The lowest BCUT2D eigenvalue weighted by Gasteiger charge is -2.02. The van der Waals surface area contributed by atoms with Crippen LogP contribution in [-0.2, 0) is 4.79 Å². The zero-order valence-corrected chi connectivity index (χ0v) is 16.5. The summed E-state index contributed by atoms with van der Waals surface area (Å²) in [5.74, 6) is -0.204. The van der Waals surface area contributed by atoms with Crippen LogP contribution >= 0.6 is 35.0 Å². The van der Waals surface area contributed by atoms with Crippen LogP contribution in [0.3, 0.4) is 0 Å². The summed E-state index contributed by atoms with van der Waals surface area (Å²) >= 11 is 13.5. The molecule has 1 aliphatic rings. The van der Waals surface area contributed by atoms with Crippen molar-refractivity contribution in [2.45, 2.75) is 6.92 Å². The molecule has 4 nitrogen and oxygen atoms in total. The van der Waals surface area contributed by atoms with Crippen LogP contribution in [0.1, 0.15) is 11.1 Å². The quantitative estimate of drug-likeness (QED) is 0.544. The summed E-state index contributed by atoms with van der Waals surface area (Å²) in [5.41, 5.74) is 3.43. The zero-order chi connectivity index (χ0) is 19.0. The molecule has 134 valence electrons. The number of rotatable bonds is 2. The molecule has 0 bridgehead atoms. The molecule has 1 aliphatic heterocycles. The molecule has 1 amide bonds. The summed E-state index contributed by atoms with van der Waals surface area (Å²) in [5, 5.41) is 5.12. The molecule has 1 aromatic heterocycles. The van der Waals surface area contributed by atoms with Crippen molar-refractivity contribution in [3.8, 4) is 0 Å². The van der Waals surface area contributed by atoms with E-state index in [1.807, 2.05) is 37.3 Å². The highest BCUT2D eigenvalue weighted by Gasteiger charge is 2.24. The van der Waals surface area contributed by atoms with Crippen LogP contribution in [0.15, 0.2) is 58.6 Å². The highest BCUT2D eigenvalue weighted by Crippen LogP contribution is 2.35. The van der Waals surface area contributed by atoms with Crippen LogP contribution in [0, 0.1) is 6.92 Å². The molecule has 4 rings (SSSR count). The molecular weight excluding hydrogens is 401 g/mol. The lowest BCUT2D eigenvalue weighted by molar-refractivity contribution is -0.115. The minimum Gasteiger partial charge on any atom is -0.300 e. The number of benzene rings is 2. The number of aliphatic imine (C=N–C) groups is 1. The van der Waals surface area contributed by atoms with Crippen molar-refractivity contribution in [2.24, 2.45) is 4.99 Å². The molecule has 0 saturated carbocycles. The number of pyridine rings is 1. The average Bonchev–Trinajstić information content (AvgIpc) is 2.98. The van der Waals surface area contributed by atoms with Gasteiger partial charge in [0, 0.05) is 11.6 Å². The second-order valence-corrected chi connectivity index (χ2v) is 7.80. The fourth-order valence-electron chi connectivity index (χ4n) is 2.72. The number of aryl methyl sites for hydroxylation is 1. The van der Waals surface area contributed by atoms with E-state index >= 15 is 0 Å². The number of aromatic nitrogens is 1. The van der Waals surface area contributed by atoms with E-state index in [2.05, 4.69) is 15.3 Å². The van der Waals surface area contributed by atoms with Gasteiger partial charge in [-0.3, -0.25) is 9.78 Å². The van der Waals surface area contributed by atoms with Crippen molar-refractivity contribution in [1.82, 2.24) is 10.3 Å². The lowest BCUT2D eigenvalue weighted by atomic mass is 10.1. The van der Waals surface area contributed by atoms with Gasteiger partial charge in [0.15, 0.2) is 5.17 Å². The van der Waals surface area contributed by atoms with E-state index in [9.17, 15) is 4.79 Å². The van der Waals surface area contributed by atoms with Crippen LogP contribution in [0.25, 0.3) is 17.0 Å². The minimum atomic E-state index is -0.204. The first-order chi connectivity index (χ1) is 13.0. The number of carbonyl (C=O) groups excluding carboxylic acids is 1. The number of hydrogen-bond donors (Lipinski definition) is 1. The Balaban J connectivity index is 1.67. The maximum atomic E-state index is 12.3. The number of para-hydroxylation sites is 1. The number of nitrogens with one attached hydrogen (secondary N) is 1. The fourth-order valence-corrected chi connectivity index (χ4v) is 4.03. The van der Waals surface area contributed by atoms with E-state index in [4.69, 9.17) is 23.2 Å². The number of nitrogens with zero attached hydrogens (tertiary/aromatic N) is 2. The summed E-state index contributed by atoms with van der Waals surface area (Å²) < 4.78 is 0. The van der Waals surface area contributed by atoms with Gasteiger partial charge in [-0.15, -0.1) is 0 Å². The lowest BCUT2D eigenvalue weighted by Crippen LogP contribution is -2.19. The second kappa shape index (κ2) is 7.35. The Kier molecular flexibility index (Phi) is 4.91. The molecule has 0 atom stereocenters. The molecule has 1 N–H and O–H groups in total. The third-order valence-corrected chi connectivity index (χ3v) is 5.60. The number of thioether (sulfide) groups is 1. The van der Waals surface area contributed by atoms with Gasteiger partial charge >= 0.3 is 0 Å². The van der Waals surface area contributed by atoms with Crippen molar-refractivity contribution in [3.63, 3.8) is 0 Å². The third kappa shape index (κ3) is 3.72. The van der Waals surface area contributed by atoms with Gasteiger partial charge in [-0.1, -0.05) is 35.3 Å². The van der Waals surface area contributed by atoms with Crippen LogP contribution in [-0.4, -0.2) is 16.1 Å². The van der Waals surface area contributed by atoms with Crippen LogP contribution in [0.5, 0.6) is 0 Å².